The van der Waals surface area contributed by atoms with Crippen LogP contribution in [0.4, 0.5) is 0 Å². The highest BCUT2D eigenvalue weighted by Gasteiger charge is 2.30. The van der Waals surface area contributed by atoms with Crippen LogP contribution in [-0.4, -0.2) is 65.2 Å². The number of rotatable bonds is 38. The van der Waals surface area contributed by atoms with Crippen LogP contribution in [0.2, 0.25) is 0 Å². The lowest BCUT2D eigenvalue weighted by atomic mass is 10.0. The molecule has 0 aromatic carbocycles. The van der Waals surface area contributed by atoms with Gasteiger partial charge in [-0.15, -0.1) is 0 Å². The molecular weight excluding hydrogens is 616 g/mol. The second-order valence-corrected chi connectivity index (χ2v) is 13.9. The Balaban J connectivity index is 4.02. The van der Waals surface area contributed by atoms with Crippen molar-refractivity contribution in [3.8, 4) is 0 Å². The Morgan fingerprint density at radius 3 is 1.33 bits per heavy atom. The molecule has 0 heterocycles. The molecular formula is C42H78O7. The van der Waals surface area contributed by atoms with Crippen LogP contribution in [0.15, 0.2) is 24.3 Å². The number of carbonyl (C=O) groups excluding carboxylic acids is 2. The predicted octanol–water partition coefficient (Wildman–Crippen LogP) is 10.3. The quantitative estimate of drug-likeness (QED) is 0.0335. The lowest BCUT2D eigenvalue weighted by molar-refractivity contribution is -0.163. The van der Waals surface area contributed by atoms with Crippen molar-refractivity contribution in [1.82, 2.24) is 0 Å². The second kappa shape index (κ2) is 37.7. The average molecular weight is 695 g/mol. The van der Waals surface area contributed by atoms with Crippen molar-refractivity contribution in [3.63, 3.8) is 0 Å². The maximum absolute atomic E-state index is 12.8. The first-order valence-electron chi connectivity index (χ1n) is 20.5. The molecule has 7 heteroatoms. The molecule has 0 aliphatic heterocycles. The summed E-state index contributed by atoms with van der Waals surface area (Å²) in [5.74, 6) is -0.671. The summed E-state index contributed by atoms with van der Waals surface area (Å²) in [6.45, 7) is 3.21. The molecule has 0 spiro atoms. The zero-order valence-corrected chi connectivity index (χ0v) is 31.9. The van der Waals surface area contributed by atoms with E-state index in [1.807, 2.05) is 0 Å². The number of unbranched alkanes of at least 4 members (excludes halogenated alkanes) is 22. The third kappa shape index (κ3) is 32.1. The molecule has 0 saturated heterocycles. The second-order valence-electron chi connectivity index (χ2n) is 13.9. The van der Waals surface area contributed by atoms with Crippen LogP contribution in [0, 0.1) is 0 Å². The number of Topliss-reactive ketones (excluding diaryl/α,β-unsaturated/α-hetero) is 1. The molecule has 0 aromatic heterocycles. The van der Waals surface area contributed by atoms with Crippen molar-refractivity contribution in [2.75, 3.05) is 19.8 Å². The Morgan fingerprint density at radius 2 is 0.918 bits per heavy atom. The van der Waals surface area contributed by atoms with Gasteiger partial charge in [0.25, 0.3) is 0 Å². The van der Waals surface area contributed by atoms with Crippen LogP contribution in [0.5, 0.6) is 0 Å². The van der Waals surface area contributed by atoms with E-state index >= 15 is 0 Å². The van der Waals surface area contributed by atoms with E-state index in [9.17, 15) is 24.9 Å². The van der Waals surface area contributed by atoms with Gasteiger partial charge in [-0.05, 0) is 64.2 Å². The summed E-state index contributed by atoms with van der Waals surface area (Å²) in [5.41, 5.74) is 0. The fourth-order valence-electron chi connectivity index (χ4n) is 5.93. The monoisotopic (exact) mass is 695 g/mol. The van der Waals surface area contributed by atoms with Crippen LogP contribution >= 0.6 is 0 Å². The first-order valence-corrected chi connectivity index (χ1v) is 20.5. The van der Waals surface area contributed by atoms with Crippen LogP contribution in [0.1, 0.15) is 194 Å². The predicted molar refractivity (Wildman–Crippen MR) is 204 cm³/mol. The summed E-state index contributed by atoms with van der Waals surface area (Å²) in [6.07, 6.45) is 36.7. The summed E-state index contributed by atoms with van der Waals surface area (Å²) >= 11 is 0. The molecule has 49 heavy (non-hydrogen) atoms. The highest BCUT2D eigenvalue weighted by atomic mass is 16.6. The molecule has 0 rings (SSSR count). The van der Waals surface area contributed by atoms with E-state index in [4.69, 9.17) is 9.47 Å². The molecule has 0 bridgehead atoms. The number of hydrogen-bond acceptors (Lipinski definition) is 7. The van der Waals surface area contributed by atoms with Gasteiger partial charge in [0.05, 0.1) is 13.2 Å². The minimum atomic E-state index is -1.39. The van der Waals surface area contributed by atoms with Crippen molar-refractivity contribution in [2.45, 2.75) is 212 Å². The van der Waals surface area contributed by atoms with Crippen LogP contribution in [-0.2, 0) is 19.1 Å². The molecule has 3 unspecified atom stereocenters. The zero-order valence-electron chi connectivity index (χ0n) is 31.9. The van der Waals surface area contributed by atoms with E-state index in [1.165, 1.54) is 96.3 Å². The standard InChI is InChI=1S/C42H78O7/c1-3-5-7-9-11-13-15-17-19-21-23-25-27-29-31-33-39(45)42(40(46)36-44)49-38(35-43)37-48-41(47)34-32-30-28-26-24-22-20-18-16-14-12-10-8-6-4-2/h17-20,38,40,42-44,46H,3-16,21-37H2,1-2H3/b19-17-,20-18-. The molecule has 0 aliphatic rings. The molecule has 0 radical (unpaired) electrons. The zero-order chi connectivity index (χ0) is 36.0. The number of aliphatic hydroxyl groups is 3. The topological polar surface area (TPSA) is 113 Å². The lowest BCUT2D eigenvalue weighted by Crippen LogP contribution is -2.43. The van der Waals surface area contributed by atoms with Gasteiger partial charge in [0.1, 0.15) is 24.9 Å². The van der Waals surface area contributed by atoms with E-state index < -0.39 is 31.5 Å². The molecule has 0 aliphatic carbocycles. The Hall–Kier alpha value is -1.54. The van der Waals surface area contributed by atoms with Crippen molar-refractivity contribution < 1.29 is 34.4 Å². The Labute approximate surface area is 301 Å². The normalized spacial score (nSPS) is 13.7. The Morgan fingerprint density at radius 1 is 0.531 bits per heavy atom. The Bertz CT molecular complexity index is 781. The van der Waals surface area contributed by atoms with Crippen molar-refractivity contribution >= 4 is 11.8 Å². The SMILES string of the molecule is CCCCCCCC/C=C\CCCCCCCC(=O)OCC(CO)OC(C(=O)CCCCCCC/C=C\CCCCCCCC)C(O)CO. The number of allylic oxidation sites excluding steroid dienone is 4. The largest absolute Gasteiger partial charge is 0.463 e. The maximum atomic E-state index is 12.8. The highest BCUT2D eigenvalue weighted by Crippen LogP contribution is 2.15. The van der Waals surface area contributed by atoms with E-state index in [0.717, 1.165) is 64.2 Å². The fourth-order valence-corrected chi connectivity index (χ4v) is 5.93. The van der Waals surface area contributed by atoms with Crippen LogP contribution < -0.4 is 0 Å². The summed E-state index contributed by atoms with van der Waals surface area (Å²) in [4.78, 5) is 25.1. The minimum absolute atomic E-state index is 0.199. The lowest BCUT2D eigenvalue weighted by Gasteiger charge is -2.25. The van der Waals surface area contributed by atoms with Gasteiger partial charge in [0, 0.05) is 12.8 Å². The first kappa shape index (κ1) is 47.5. The van der Waals surface area contributed by atoms with E-state index in [1.54, 1.807) is 0 Å². The van der Waals surface area contributed by atoms with E-state index in [2.05, 4.69) is 38.2 Å². The Kier molecular flexibility index (Phi) is 36.5. The number of aliphatic hydroxyl groups excluding tert-OH is 3. The number of hydrogen-bond donors (Lipinski definition) is 3. The van der Waals surface area contributed by atoms with Crippen molar-refractivity contribution in [1.29, 1.82) is 0 Å². The molecule has 0 aromatic rings. The number of carbonyl (C=O) groups is 2. The fraction of sp³-hybridized carbons (Fsp3) is 0.857. The van der Waals surface area contributed by atoms with Crippen LogP contribution in [0.3, 0.4) is 0 Å². The summed E-state index contributed by atoms with van der Waals surface area (Å²) in [6, 6.07) is 0. The van der Waals surface area contributed by atoms with Crippen LogP contribution in [0.25, 0.3) is 0 Å². The maximum Gasteiger partial charge on any atom is 0.305 e. The van der Waals surface area contributed by atoms with Gasteiger partial charge >= 0.3 is 5.97 Å². The van der Waals surface area contributed by atoms with Gasteiger partial charge in [0.15, 0.2) is 5.78 Å². The van der Waals surface area contributed by atoms with Gasteiger partial charge in [-0.25, -0.2) is 0 Å². The molecule has 3 atom stereocenters. The molecule has 7 nitrogen and oxygen atoms in total. The average Bonchev–Trinajstić information content (AvgIpc) is 3.11. The first-order chi connectivity index (χ1) is 24.0. The molecule has 288 valence electrons. The summed E-state index contributed by atoms with van der Waals surface area (Å²) in [5, 5.41) is 29.5. The number of esters is 1. The highest BCUT2D eigenvalue weighted by molar-refractivity contribution is 5.83. The molecule has 0 saturated carbocycles. The third-order valence-corrected chi connectivity index (χ3v) is 9.15. The summed E-state index contributed by atoms with van der Waals surface area (Å²) in [7, 11) is 0. The number of ketones is 1. The minimum Gasteiger partial charge on any atom is -0.463 e. The van der Waals surface area contributed by atoms with E-state index in [0.29, 0.717) is 12.8 Å². The number of ether oxygens (including phenoxy) is 2. The van der Waals surface area contributed by atoms with Gasteiger partial charge in [0.2, 0.25) is 0 Å². The van der Waals surface area contributed by atoms with Gasteiger partial charge in [-0.2, -0.15) is 0 Å². The molecule has 0 fully saturated rings. The van der Waals surface area contributed by atoms with Crippen molar-refractivity contribution in [2.24, 2.45) is 0 Å². The van der Waals surface area contributed by atoms with E-state index in [-0.39, 0.29) is 24.8 Å². The van der Waals surface area contributed by atoms with Gasteiger partial charge in [-0.3, -0.25) is 9.59 Å². The van der Waals surface area contributed by atoms with Gasteiger partial charge in [-0.1, -0.05) is 141 Å². The van der Waals surface area contributed by atoms with Crippen molar-refractivity contribution in [3.05, 3.63) is 24.3 Å². The van der Waals surface area contributed by atoms with Gasteiger partial charge < -0.3 is 24.8 Å². The molecule has 3 N–H and O–H groups in total. The smallest absolute Gasteiger partial charge is 0.305 e. The summed E-state index contributed by atoms with van der Waals surface area (Å²) < 4.78 is 11.0. The molecule has 0 amide bonds. The third-order valence-electron chi connectivity index (χ3n) is 9.15.